The molecular weight excluding hydrogens is 246 g/mol. The molecule has 0 spiro atoms. The number of nitrogen functional groups attached to an aromatic ring is 1. The summed E-state index contributed by atoms with van der Waals surface area (Å²) in [6.45, 7) is 2.50. The maximum atomic E-state index is 11.7. The summed E-state index contributed by atoms with van der Waals surface area (Å²) >= 11 is 0. The van der Waals surface area contributed by atoms with E-state index in [1.165, 1.54) is 6.20 Å². The lowest BCUT2D eigenvalue weighted by atomic mass is 10.3. The Morgan fingerprint density at radius 2 is 2.16 bits per heavy atom. The van der Waals surface area contributed by atoms with Crippen molar-refractivity contribution in [2.24, 2.45) is 0 Å². The first kappa shape index (κ1) is 12.9. The molecule has 1 aromatic heterocycles. The Morgan fingerprint density at radius 3 is 2.79 bits per heavy atom. The number of nitrogens with zero attached hydrogens (tertiary/aromatic N) is 1. The fourth-order valence-corrected chi connectivity index (χ4v) is 1.49. The summed E-state index contributed by atoms with van der Waals surface area (Å²) in [6, 6.07) is 7.06. The smallest absolute Gasteiger partial charge is 0.290 e. The van der Waals surface area contributed by atoms with E-state index in [2.05, 4.69) is 10.5 Å². The number of aromatic nitrogens is 1. The maximum absolute atomic E-state index is 11.7. The van der Waals surface area contributed by atoms with Crippen molar-refractivity contribution in [3.05, 3.63) is 41.8 Å². The molecule has 0 bridgehead atoms. The number of ether oxygens (including phenoxy) is 1. The molecule has 0 saturated heterocycles. The number of rotatable bonds is 5. The van der Waals surface area contributed by atoms with E-state index < -0.39 is 0 Å². The average molecular weight is 261 g/mol. The standard InChI is InChI=1S/C13H15N3O3/c1-9-8-16-19-12(9)13(17)15-6-7-18-11-4-2-10(14)3-5-11/h2-5,8H,6-7,14H2,1H3,(H,15,17). The van der Waals surface area contributed by atoms with Gasteiger partial charge in [-0.3, -0.25) is 4.79 Å². The third kappa shape index (κ3) is 3.48. The number of hydrogen-bond acceptors (Lipinski definition) is 5. The Hall–Kier alpha value is -2.50. The summed E-state index contributed by atoms with van der Waals surface area (Å²) in [5.41, 5.74) is 6.95. The molecule has 0 aliphatic heterocycles. The Labute approximate surface area is 110 Å². The molecule has 0 aliphatic rings. The SMILES string of the molecule is Cc1cnoc1C(=O)NCCOc1ccc(N)cc1. The van der Waals surface area contributed by atoms with Crippen molar-refractivity contribution in [1.29, 1.82) is 0 Å². The first-order valence-corrected chi connectivity index (χ1v) is 5.84. The zero-order valence-electron chi connectivity index (χ0n) is 10.6. The van der Waals surface area contributed by atoms with Crippen LogP contribution in [-0.4, -0.2) is 24.2 Å². The van der Waals surface area contributed by atoms with Gasteiger partial charge in [-0.2, -0.15) is 0 Å². The van der Waals surface area contributed by atoms with Gasteiger partial charge in [0.15, 0.2) is 0 Å². The summed E-state index contributed by atoms with van der Waals surface area (Å²) in [5, 5.41) is 6.23. The molecule has 0 saturated carbocycles. The Balaban J connectivity index is 1.74. The monoisotopic (exact) mass is 261 g/mol. The van der Waals surface area contributed by atoms with E-state index in [1.807, 2.05) is 0 Å². The molecule has 3 N–H and O–H groups in total. The number of amides is 1. The predicted octanol–water partition coefficient (Wildman–Crippen LogP) is 1.37. The summed E-state index contributed by atoms with van der Waals surface area (Å²) in [6.07, 6.45) is 1.50. The van der Waals surface area contributed by atoms with Gasteiger partial charge in [-0.1, -0.05) is 5.16 Å². The van der Waals surface area contributed by atoms with Crippen LogP contribution in [0.5, 0.6) is 5.75 Å². The Bertz CT molecular complexity index is 549. The molecule has 0 fully saturated rings. The molecule has 6 heteroatoms. The highest BCUT2D eigenvalue weighted by atomic mass is 16.5. The number of nitrogens with one attached hydrogen (secondary N) is 1. The lowest BCUT2D eigenvalue weighted by Gasteiger charge is -2.07. The highest BCUT2D eigenvalue weighted by molar-refractivity contribution is 5.92. The largest absolute Gasteiger partial charge is 0.492 e. The third-order valence-corrected chi connectivity index (χ3v) is 2.49. The van der Waals surface area contributed by atoms with Crippen molar-refractivity contribution >= 4 is 11.6 Å². The van der Waals surface area contributed by atoms with Crippen LogP contribution in [0.4, 0.5) is 5.69 Å². The fraction of sp³-hybridized carbons (Fsp3) is 0.231. The number of aryl methyl sites for hydroxylation is 1. The molecule has 6 nitrogen and oxygen atoms in total. The van der Waals surface area contributed by atoms with E-state index in [9.17, 15) is 4.79 Å². The number of anilines is 1. The normalized spacial score (nSPS) is 10.2. The molecule has 1 amide bonds. The summed E-state index contributed by atoms with van der Waals surface area (Å²) < 4.78 is 10.3. The van der Waals surface area contributed by atoms with Crippen LogP contribution >= 0.6 is 0 Å². The molecule has 0 unspecified atom stereocenters. The van der Waals surface area contributed by atoms with Crippen LogP contribution in [0.2, 0.25) is 0 Å². The van der Waals surface area contributed by atoms with Crippen LogP contribution in [0, 0.1) is 6.92 Å². The van der Waals surface area contributed by atoms with Crippen molar-refractivity contribution in [3.8, 4) is 5.75 Å². The molecule has 19 heavy (non-hydrogen) atoms. The van der Waals surface area contributed by atoms with Crippen molar-refractivity contribution < 1.29 is 14.1 Å². The minimum absolute atomic E-state index is 0.229. The molecule has 1 heterocycles. The van der Waals surface area contributed by atoms with Crippen molar-refractivity contribution in [1.82, 2.24) is 10.5 Å². The third-order valence-electron chi connectivity index (χ3n) is 2.49. The first-order valence-electron chi connectivity index (χ1n) is 5.84. The van der Waals surface area contributed by atoms with Gasteiger partial charge in [0.2, 0.25) is 5.76 Å². The predicted molar refractivity (Wildman–Crippen MR) is 69.9 cm³/mol. The lowest BCUT2D eigenvalue weighted by molar-refractivity contribution is 0.0909. The summed E-state index contributed by atoms with van der Waals surface area (Å²) in [5.74, 6) is 0.641. The lowest BCUT2D eigenvalue weighted by Crippen LogP contribution is -2.28. The Morgan fingerprint density at radius 1 is 1.42 bits per heavy atom. The second-order valence-electron chi connectivity index (χ2n) is 4.01. The van der Waals surface area contributed by atoms with Crippen LogP contribution in [0.15, 0.2) is 35.0 Å². The van der Waals surface area contributed by atoms with Gasteiger partial charge in [0.1, 0.15) is 12.4 Å². The minimum atomic E-state index is -0.295. The van der Waals surface area contributed by atoms with Crippen LogP contribution in [0.3, 0.4) is 0 Å². The van der Waals surface area contributed by atoms with Gasteiger partial charge in [0.25, 0.3) is 5.91 Å². The summed E-state index contributed by atoms with van der Waals surface area (Å²) in [4.78, 5) is 11.7. The van der Waals surface area contributed by atoms with E-state index in [4.69, 9.17) is 15.0 Å². The van der Waals surface area contributed by atoms with Crippen LogP contribution in [-0.2, 0) is 0 Å². The van der Waals surface area contributed by atoms with Crippen LogP contribution < -0.4 is 15.8 Å². The van der Waals surface area contributed by atoms with Gasteiger partial charge >= 0.3 is 0 Å². The van der Waals surface area contributed by atoms with E-state index in [-0.39, 0.29) is 11.7 Å². The highest BCUT2D eigenvalue weighted by Gasteiger charge is 2.12. The number of carbonyl (C=O) groups is 1. The number of benzene rings is 1. The number of hydrogen-bond donors (Lipinski definition) is 2. The van der Waals surface area contributed by atoms with Crippen molar-refractivity contribution in [3.63, 3.8) is 0 Å². The molecule has 0 atom stereocenters. The van der Waals surface area contributed by atoms with Gasteiger partial charge in [-0.05, 0) is 31.2 Å². The molecule has 1 aromatic carbocycles. The second kappa shape index (κ2) is 5.90. The van der Waals surface area contributed by atoms with E-state index in [0.29, 0.717) is 30.2 Å². The fourth-order valence-electron chi connectivity index (χ4n) is 1.49. The van der Waals surface area contributed by atoms with Gasteiger partial charge < -0.3 is 20.3 Å². The van der Waals surface area contributed by atoms with Crippen LogP contribution in [0.25, 0.3) is 0 Å². The van der Waals surface area contributed by atoms with E-state index in [0.717, 1.165) is 0 Å². The molecule has 0 aliphatic carbocycles. The van der Waals surface area contributed by atoms with Gasteiger partial charge in [0, 0.05) is 11.3 Å². The molecule has 2 aromatic rings. The zero-order chi connectivity index (χ0) is 13.7. The number of nitrogens with two attached hydrogens (primary N) is 1. The molecule has 2 rings (SSSR count). The molecule has 100 valence electrons. The number of carbonyl (C=O) groups excluding carboxylic acids is 1. The average Bonchev–Trinajstić information content (AvgIpc) is 2.83. The van der Waals surface area contributed by atoms with E-state index >= 15 is 0 Å². The van der Waals surface area contributed by atoms with E-state index in [1.54, 1.807) is 31.2 Å². The van der Waals surface area contributed by atoms with Crippen molar-refractivity contribution in [2.75, 3.05) is 18.9 Å². The Kier molecular flexibility index (Phi) is 4.02. The maximum Gasteiger partial charge on any atom is 0.290 e. The summed E-state index contributed by atoms with van der Waals surface area (Å²) in [7, 11) is 0. The van der Waals surface area contributed by atoms with Gasteiger partial charge in [-0.15, -0.1) is 0 Å². The highest BCUT2D eigenvalue weighted by Crippen LogP contribution is 2.12. The molecule has 0 radical (unpaired) electrons. The van der Waals surface area contributed by atoms with Gasteiger partial charge in [0.05, 0.1) is 12.7 Å². The van der Waals surface area contributed by atoms with Crippen LogP contribution in [0.1, 0.15) is 16.1 Å². The van der Waals surface area contributed by atoms with Gasteiger partial charge in [-0.25, -0.2) is 0 Å². The zero-order valence-corrected chi connectivity index (χ0v) is 10.6. The minimum Gasteiger partial charge on any atom is -0.492 e. The van der Waals surface area contributed by atoms with Crippen molar-refractivity contribution in [2.45, 2.75) is 6.92 Å². The second-order valence-corrected chi connectivity index (χ2v) is 4.01. The molecular formula is C13H15N3O3. The quantitative estimate of drug-likeness (QED) is 0.626. The first-order chi connectivity index (χ1) is 9.16. The topological polar surface area (TPSA) is 90.4 Å².